The molecule has 0 bridgehead atoms. The summed E-state index contributed by atoms with van der Waals surface area (Å²) < 4.78 is 0. The maximum absolute atomic E-state index is 4.20. The summed E-state index contributed by atoms with van der Waals surface area (Å²) in [4.78, 5) is 12.6. The lowest BCUT2D eigenvalue weighted by Gasteiger charge is -2.17. The molecule has 3 heteroatoms. The van der Waals surface area contributed by atoms with E-state index in [0.717, 1.165) is 0 Å². The van der Waals surface area contributed by atoms with Crippen molar-refractivity contribution in [1.29, 1.82) is 0 Å². The van der Waals surface area contributed by atoms with Gasteiger partial charge in [0.1, 0.15) is 0 Å². The lowest BCUT2D eigenvalue weighted by Crippen LogP contribution is -2.14. The smallest absolute Gasteiger partial charge is 0.0276 e. The maximum atomic E-state index is 4.20. The Hall–Kier alpha value is -1.25. The second-order valence-electron chi connectivity index (χ2n) is 12.6. The number of hydrogen-bond acceptors (Lipinski definition) is 3. The summed E-state index contributed by atoms with van der Waals surface area (Å²) in [5.41, 5.74) is 7.05. The van der Waals surface area contributed by atoms with Gasteiger partial charge in [-0.25, -0.2) is 0 Å². The summed E-state index contributed by atoms with van der Waals surface area (Å²) in [5, 5.41) is 0. The maximum Gasteiger partial charge on any atom is 0.0276 e. The zero-order valence-corrected chi connectivity index (χ0v) is 29.5. The SMILES string of the molecule is C.CC(C)=C(C(C)C)C(C)C.CN=C(C(C)C)C(C)C.CN=C(C(C)C)C(C)C.CN=C(C(C)C)C(C)C. The number of nitrogens with zero attached hydrogens (tertiary/aromatic N) is 3. The van der Waals surface area contributed by atoms with Crippen LogP contribution >= 0.6 is 0 Å². The van der Waals surface area contributed by atoms with E-state index in [1.54, 1.807) is 5.57 Å². The van der Waals surface area contributed by atoms with Gasteiger partial charge in [0, 0.05) is 38.3 Å². The summed E-state index contributed by atoms with van der Waals surface area (Å²) in [6, 6.07) is 0. The van der Waals surface area contributed by atoms with Gasteiger partial charge >= 0.3 is 0 Å². The van der Waals surface area contributed by atoms with Crippen molar-refractivity contribution in [2.24, 2.45) is 62.3 Å². The molecule has 0 aliphatic heterocycles. The third kappa shape index (κ3) is 23.8. The molecule has 0 aliphatic carbocycles. The molecule has 0 aromatic heterocycles. The fraction of sp³-hybridized carbons (Fsp3) is 0.857. The minimum absolute atomic E-state index is 0. The number of allylic oxidation sites excluding steroid dienone is 2. The van der Waals surface area contributed by atoms with Crippen LogP contribution in [0.15, 0.2) is 26.1 Å². The quantitative estimate of drug-likeness (QED) is 0.218. The standard InChI is InChI=1S/C10H20.3C8H17N.CH4/c1-7(2)10(8(3)4)9(5)6;3*1-6(2)8(9-5)7(3)4;/h7-8H,1-6H3;3*6-7H,1-5H3;1H4. The van der Waals surface area contributed by atoms with E-state index in [4.69, 9.17) is 0 Å². The summed E-state index contributed by atoms with van der Waals surface area (Å²) >= 11 is 0. The Labute approximate surface area is 243 Å². The molecule has 0 saturated carbocycles. The highest BCUT2D eigenvalue weighted by Crippen LogP contribution is 2.22. The van der Waals surface area contributed by atoms with Gasteiger partial charge in [-0.2, -0.15) is 0 Å². The summed E-state index contributed by atoms with van der Waals surface area (Å²) in [6.07, 6.45) is 0. The molecule has 0 spiro atoms. The van der Waals surface area contributed by atoms with Gasteiger partial charge in [0.25, 0.3) is 0 Å². The molecule has 3 nitrogen and oxygen atoms in total. The molecule has 0 aromatic rings. The number of aliphatic imine (C=N–C) groups is 3. The first-order valence-electron chi connectivity index (χ1n) is 14.8. The minimum Gasteiger partial charge on any atom is -0.297 e. The van der Waals surface area contributed by atoms with Crippen LogP contribution in [0.5, 0.6) is 0 Å². The fourth-order valence-electron chi connectivity index (χ4n) is 5.37. The van der Waals surface area contributed by atoms with Crippen LogP contribution < -0.4 is 0 Å². The Morgan fingerprint density at radius 3 is 0.500 bits per heavy atom. The Kier molecular flexibility index (Phi) is 31.9. The number of rotatable bonds is 8. The van der Waals surface area contributed by atoms with Crippen molar-refractivity contribution in [3.8, 4) is 0 Å². The van der Waals surface area contributed by atoms with Crippen LogP contribution in [0.3, 0.4) is 0 Å². The van der Waals surface area contributed by atoms with Crippen LogP contribution in [0.1, 0.15) is 132 Å². The Balaban J connectivity index is -0.000000126. The topological polar surface area (TPSA) is 37.1 Å². The second-order valence-corrected chi connectivity index (χ2v) is 12.6. The molecule has 0 heterocycles. The molecule has 0 fully saturated rings. The molecule has 0 aromatic carbocycles. The van der Waals surface area contributed by atoms with Crippen LogP contribution in [0, 0.1) is 47.3 Å². The molecule has 0 radical (unpaired) electrons. The lowest BCUT2D eigenvalue weighted by atomic mass is 9.89. The monoisotopic (exact) mass is 538 g/mol. The zero-order valence-electron chi connectivity index (χ0n) is 29.5. The lowest BCUT2D eigenvalue weighted by molar-refractivity contribution is 0.615. The van der Waals surface area contributed by atoms with Gasteiger partial charge in [-0.1, -0.05) is 129 Å². The van der Waals surface area contributed by atoms with Gasteiger partial charge in [-0.3, -0.25) is 15.0 Å². The van der Waals surface area contributed by atoms with E-state index in [1.165, 1.54) is 22.7 Å². The minimum atomic E-state index is 0. The van der Waals surface area contributed by atoms with E-state index in [0.29, 0.717) is 47.3 Å². The fourth-order valence-corrected chi connectivity index (χ4v) is 5.37. The summed E-state index contributed by atoms with van der Waals surface area (Å²) in [5.74, 6) is 5.06. The first kappa shape index (κ1) is 46.6. The molecule has 0 aliphatic rings. The number of hydrogen-bond donors (Lipinski definition) is 0. The van der Waals surface area contributed by atoms with E-state index >= 15 is 0 Å². The van der Waals surface area contributed by atoms with Crippen molar-refractivity contribution in [2.75, 3.05) is 21.1 Å². The van der Waals surface area contributed by atoms with Gasteiger partial charge in [0.05, 0.1) is 0 Å². The van der Waals surface area contributed by atoms with E-state index in [-0.39, 0.29) is 7.43 Å². The first-order chi connectivity index (χ1) is 16.7. The highest BCUT2D eigenvalue weighted by atomic mass is 14.7. The molecule has 0 rings (SSSR count). The summed E-state index contributed by atoms with van der Waals surface area (Å²) in [7, 11) is 5.61. The predicted molar refractivity (Wildman–Crippen MR) is 184 cm³/mol. The van der Waals surface area contributed by atoms with Crippen LogP contribution in [0.2, 0.25) is 0 Å². The van der Waals surface area contributed by atoms with Gasteiger partial charge in [0.2, 0.25) is 0 Å². The normalized spacial score (nSPS) is 10.3. The average molecular weight is 538 g/mol. The highest BCUT2D eigenvalue weighted by molar-refractivity contribution is 5.88. The molecular formula is C35H75N3. The van der Waals surface area contributed by atoms with Crippen LogP contribution in [0.25, 0.3) is 0 Å². The van der Waals surface area contributed by atoms with E-state index < -0.39 is 0 Å². The van der Waals surface area contributed by atoms with Gasteiger partial charge in [-0.15, -0.1) is 0 Å². The van der Waals surface area contributed by atoms with Crippen molar-refractivity contribution >= 4 is 17.1 Å². The molecular weight excluding hydrogens is 462 g/mol. The van der Waals surface area contributed by atoms with E-state index in [2.05, 4.69) is 140 Å². The zero-order chi connectivity index (χ0) is 30.6. The first-order valence-corrected chi connectivity index (χ1v) is 14.8. The molecule has 0 unspecified atom stereocenters. The third-order valence-electron chi connectivity index (χ3n) is 6.15. The van der Waals surface area contributed by atoms with Crippen molar-refractivity contribution in [3.63, 3.8) is 0 Å². The molecule has 38 heavy (non-hydrogen) atoms. The molecule has 0 atom stereocenters. The van der Waals surface area contributed by atoms with Crippen molar-refractivity contribution in [3.05, 3.63) is 11.1 Å². The van der Waals surface area contributed by atoms with Gasteiger partial charge < -0.3 is 0 Å². The molecule has 0 saturated heterocycles. The van der Waals surface area contributed by atoms with Crippen LogP contribution in [-0.4, -0.2) is 38.3 Å². The molecule has 230 valence electrons. The van der Waals surface area contributed by atoms with Crippen molar-refractivity contribution < 1.29 is 0 Å². The van der Waals surface area contributed by atoms with E-state index in [9.17, 15) is 0 Å². The van der Waals surface area contributed by atoms with Crippen LogP contribution in [-0.2, 0) is 0 Å². The third-order valence-corrected chi connectivity index (χ3v) is 6.15. The average Bonchev–Trinajstić information content (AvgIpc) is 2.68. The highest BCUT2D eigenvalue weighted by Gasteiger charge is 2.09. The molecule has 0 amide bonds. The Morgan fingerprint density at radius 1 is 0.342 bits per heavy atom. The Morgan fingerprint density at radius 2 is 0.500 bits per heavy atom. The van der Waals surface area contributed by atoms with Crippen molar-refractivity contribution in [2.45, 2.75) is 132 Å². The van der Waals surface area contributed by atoms with Crippen LogP contribution in [0.4, 0.5) is 0 Å². The second kappa shape index (κ2) is 26.0. The molecule has 0 N–H and O–H groups in total. The Bertz CT molecular complexity index is 557. The van der Waals surface area contributed by atoms with Gasteiger partial charge in [-0.05, 0) is 61.2 Å². The predicted octanol–water partition coefficient (Wildman–Crippen LogP) is 11.4. The van der Waals surface area contributed by atoms with Crippen molar-refractivity contribution in [1.82, 2.24) is 0 Å². The van der Waals surface area contributed by atoms with Gasteiger partial charge in [0.15, 0.2) is 0 Å². The van der Waals surface area contributed by atoms with E-state index in [1.807, 2.05) is 21.1 Å². The largest absolute Gasteiger partial charge is 0.297 e. The summed E-state index contributed by atoms with van der Waals surface area (Å²) in [6.45, 7) is 39.7.